The highest BCUT2D eigenvalue weighted by molar-refractivity contribution is 5.86. The molecule has 0 unspecified atom stereocenters. The number of carbonyl (C=O) groups excluding carboxylic acids is 1. The van der Waals surface area contributed by atoms with Gasteiger partial charge >= 0.3 is 0 Å². The molecule has 0 radical (unpaired) electrons. The number of pyridine rings is 1. The zero-order valence-corrected chi connectivity index (χ0v) is 12.8. The summed E-state index contributed by atoms with van der Waals surface area (Å²) >= 11 is 0. The minimum atomic E-state index is -1.52. The molecule has 2 atom stereocenters. The number of halogens is 3. The van der Waals surface area contributed by atoms with Gasteiger partial charge in [0.15, 0.2) is 17.5 Å². The number of fused-ring (bicyclic) bond motifs is 1. The average Bonchev–Trinajstić information content (AvgIpc) is 2.59. The van der Waals surface area contributed by atoms with E-state index in [2.05, 4.69) is 4.98 Å². The van der Waals surface area contributed by atoms with Crippen LogP contribution in [0.5, 0.6) is 0 Å². The maximum Gasteiger partial charge on any atom is 0.194 e. The van der Waals surface area contributed by atoms with Gasteiger partial charge in [0.25, 0.3) is 0 Å². The predicted molar refractivity (Wildman–Crippen MR) is 80.8 cm³/mol. The van der Waals surface area contributed by atoms with Crippen LogP contribution in [0, 0.1) is 17.5 Å². The number of benzene rings is 1. The third kappa shape index (κ3) is 3.06. The Hall–Kier alpha value is -2.21. The number of aliphatic hydroxyl groups is 1. The molecule has 6 heteroatoms. The van der Waals surface area contributed by atoms with Gasteiger partial charge in [0.2, 0.25) is 0 Å². The Balaban J connectivity index is 1.75. The van der Waals surface area contributed by atoms with Crippen LogP contribution >= 0.6 is 0 Å². The van der Waals surface area contributed by atoms with Gasteiger partial charge in [-0.1, -0.05) is 12.1 Å². The molecule has 1 heterocycles. The van der Waals surface area contributed by atoms with Crippen molar-refractivity contribution in [2.24, 2.45) is 0 Å². The molecule has 126 valence electrons. The molecule has 3 nitrogen and oxygen atoms in total. The number of hydrogen-bond acceptors (Lipinski definition) is 3. The van der Waals surface area contributed by atoms with Gasteiger partial charge in [0.1, 0.15) is 5.78 Å². The zero-order valence-electron chi connectivity index (χ0n) is 12.8. The van der Waals surface area contributed by atoms with E-state index in [1.54, 1.807) is 18.3 Å². The Morgan fingerprint density at radius 2 is 1.96 bits per heavy atom. The highest BCUT2D eigenvalue weighted by Gasteiger charge is 2.31. The molecule has 0 bridgehead atoms. The quantitative estimate of drug-likeness (QED) is 0.869. The molecule has 24 heavy (non-hydrogen) atoms. The van der Waals surface area contributed by atoms with E-state index in [1.165, 1.54) is 0 Å². The summed E-state index contributed by atoms with van der Waals surface area (Å²) < 4.78 is 39.9. The fourth-order valence-corrected chi connectivity index (χ4v) is 3.15. The number of aliphatic hydroxyl groups excluding tert-OH is 1. The summed E-state index contributed by atoms with van der Waals surface area (Å²) in [7, 11) is 0. The fourth-order valence-electron chi connectivity index (χ4n) is 3.15. The number of ketones is 1. The van der Waals surface area contributed by atoms with Crippen molar-refractivity contribution < 1.29 is 23.1 Å². The van der Waals surface area contributed by atoms with Gasteiger partial charge < -0.3 is 5.11 Å². The SMILES string of the molecule is O=C(CCc1ccc(F)c(F)c1F)[C@H]1CC[C@@H](O)c2ncccc21. The van der Waals surface area contributed by atoms with Crippen molar-refractivity contribution in [3.05, 3.63) is 64.7 Å². The lowest BCUT2D eigenvalue weighted by Gasteiger charge is -2.27. The minimum absolute atomic E-state index is 0.00346. The van der Waals surface area contributed by atoms with Gasteiger partial charge in [-0.25, -0.2) is 13.2 Å². The van der Waals surface area contributed by atoms with E-state index in [4.69, 9.17) is 0 Å². The fraction of sp³-hybridized carbons (Fsp3) is 0.333. The second-order valence-electron chi connectivity index (χ2n) is 5.92. The predicted octanol–water partition coefficient (Wildman–Crippen LogP) is 3.61. The Bertz CT molecular complexity index is 779. The largest absolute Gasteiger partial charge is 0.387 e. The Kier molecular flexibility index (Phi) is 4.66. The van der Waals surface area contributed by atoms with Gasteiger partial charge in [-0.2, -0.15) is 0 Å². The summed E-state index contributed by atoms with van der Waals surface area (Å²) in [5.74, 6) is -4.55. The normalized spacial score (nSPS) is 19.8. The van der Waals surface area contributed by atoms with Crippen LogP contribution < -0.4 is 0 Å². The molecule has 0 saturated heterocycles. The molecule has 3 rings (SSSR count). The van der Waals surface area contributed by atoms with E-state index in [0.717, 1.165) is 12.1 Å². The van der Waals surface area contributed by atoms with Crippen LogP contribution in [-0.4, -0.2) is 15.9 Å². The standard InChI is InChI=1S/C18H16F3NO2/c19-13-6-3-10(16(20)17(13)21)4-7-14(23)11-5-8-15(24)18-12(11)2-1-9-22-18/h1-3,6,9,11,15,24H,4-5,7-8H2/t11-,15+/m0/s1. The van der Waals surface area contributed by atoms with Crippen molar-refractivity contribution in [1.82, 2.24) is 4.98 Å². The van der Waals surface area contributed by atoms with Crippen LogP contribution in [0.4, 0.5) is 13.2 Å². The molecule has 1 aromatic heterocycles. The number of aryl methyl sites for hydroxylation is 1. The van der Waals surface area contributed by atoms with Gasteiger partial charge in [-0.15, -0.1) is 0 Å². The van der Waals surface area contributed by atoms with E-state index < -0.39 is 29.5 Å². The smallest absolute Gasteiger partial charge is 0.194 e. The lowest BCUT2D eigenvalue weighted by Crippen LogP contribution is -2.22. The van der Waals surface area contributed by atoms with E-state index in [9.17, 15) is 23.1 Å². The molecule has 1 aromatic carbocycles. The lowest BCUT2D eigenvalue weighted by molar-refractivity contribution is -0.121. The van der Waals surface area contributed by atoms with Gasteiger partial charge in [0, 0.05) is 18.5 Å². The molecule has 0 fully saturated rings. The Morgan fingerprint density at radius 3 is 2.75 bits per heavy atom. The van der Waals surface area contributed by atoms with Gasteiger partial charge in [0.05, 0.1) is 11.8 Å². The Labute approximate surface area is 137 Å². The first kappa shape index (κ1) is 16.6. The lowest BCUT2D eigenvalue weighted by atomic mass is 9.80. The third-order valence-corrected chi connectivity index (χ3v) is 4.44. The molecular weight excluding hydrogens is 319 g/mol. The van der Waals surface area contributed by atoms with E-state index in [1.807, 2.05) is 0 Å². The second-order valence-corrected chi connectivity index (χ2v) is 5.92. The molecule has 0 aliphatic heterocycles. The van der Waals surface area contributed by atoms with Crippen LogP contribution in [0.2, 0.25) is 0 Å². The van der Waals surface area contributed by atoms with Crippen molar-refractivity contribution in [1.29, 1.82) is 0 Å². The average molecular weight is 335 g/mol. The zero-order chi connectivity index (χ0) is 17.3. The number of nitrogens with zero attached hydrogens (tertiary/aromatic N) is 1. The first-order valence-corrected chi connectivity index (χ1v) is 7.77. The van der Waals surface area contributed by atoms with E-state index in [-0.39, 0.29) is 24.2 Å². The minimum Gasteiger partial charge on any atom is -0.387 e. The second kappa shape index (κ2) is 6.73. The van der Waals surface area contributed by atoms with Crippen molar-refractivity contribution >= 4 is 5.78 Å². The number of carbonyl (C=O) groups is 1. The molecule has 0 spiro atoms. The van der Waals surface area contributed by atoms with Gasteiger partial charge in [-0.05, 0) is 42.5 Å². The maximum atomic E-state index is 13.7. The van der Waals surface area contributed by atoms with Crippen LogP contribution in [0.3, 0.4) is 0 Å². The topological polar surface area (TPSA) is 50.2 Å². The summed E-state index contributed by atoms with van der Waals surface area (Å²) in [6.07, 6.45) is 1.80. The first-order chi connectivity index (χ1) is 11.5. The maximum absolute atomic E-state index is 13.7. The molecule has 2 aromatic rings. The van der Waals surface area contributed by atoms with Crippen LogP contribution in [0.1, 0.15) is 48.1 Å². The van der Waals surface area contributed by atoms with E-state index >= 15 is 0 Å². The molecule has 1 aliphatic carbocycles. The monoisotopic (exact) mass is 335 g/mol. The van der Waals surface area contributed by atoms with Crippen molar-refractivity contribution in [2.45, 2.75) is 37.7 Å². The summed E-state index contributed by atoms with van der Waals surface area (Å²) in [4.78, 5) is 16.6. The highest BCUT2D eigenvalue weighted by atomic mass is 19.2. The molecule has 0 amide bonds. The molecule has 0 saturated carbocycles. The van der Waals surface area contributed by atoms with Crippen LogP contribution in [-0.2, 0) is 11.2 Å². The van der Waals surface area contributed by atoms with Crippen molar-refractivity contribution in [3.8, 4) is 0 Å². The molecule has 1 aliphatic rings. The number of aromatic nitrogens is 1. The summed E-state index contributed by atoms with van der Waals surface area (Å²) in [5.41, 5.74) is 1.16. The first-order valence-electron chi connectivity index (χ1n) is 7.77. The Morgan fingerprint density at radius 1 is 1.17 bits per heavy atom. The van der Waals surface area contributed by atoms with Crippen LogP contribution in [0.25, 0.3) is 0 Å². The third-order valence-electron chi connectivity index (χ3n) is 4.44. The van der Waals surface area contributed by atoms with Gasteiger partial charge in [-0.3, -0.25) is 9.78 Å². The summed E-state index contributed by atoms with van der Waals surface area (Å²) in [5, 5.41) is 9.96. The van der Waals surface area contributed by atoms with Crippen molar-refractivity contribution in [3.63, 3.8) is 0 Å². The number of hydrogen-bond donors (Lipinski definition) is 1. The van der Waals surface area contributed by atoms with Crippen molar-refractivity contribution in [2.75, 3.05) is 0 Å². The van der Waals surface area contributed by atoms with E-state index in [0.29, 0.717) is 24.1 Å². The summed E-state index contributed by atoms with van der Waals surface area (Å²) in [6.45, 7) is 0. The highest BCUT2D eigenvalue weighted by Crippen LogP contribution is 2.37. The molecular formula is C18H16F3NO2. The van der Waals surface area contributed by atoms with Crippen LogP contribution in [0.15, 0.2) is 30.5 Å². The number of Topliss-reactive ketones (excluding diaryl/α,β-unsaturated/α-hetero) is 1. The summed E-state index contributed by atoms with van der Waals surface area (Å²) in [6, 6.07) is 5.47. The molecule has 1 N–H and O–H groups in total. The number of rotatable bonds is 4.